The van der Waals surface area contributed by atoms with E-state index in [0.29, 0.717) is 5.92 Å². The fourth-order valence-corrected chi connectivity index (χ4v) is 3.42. The van der Waals surface area contributed by atoms with Gasteiger partial charge in [0.2, 0.25) is 5.13 Å². The summed E-state index contributed by atoms with van der Waals surface area (Å²) in [6, 6.07) is 0. The number of hydrogen-bond acceptors (Lipinski definition) is 6. The van der Waals surface area contributed by atoms with Crippen LogP contribution in [0.25, 0.3) is 0 Å². The maximum absolute atomic E-state index is 5.66. The van der Waals surface area contributed by atoms with E-state index in [2.05, 4.69) is 50.2 Å². The molecule has 2 rings (SSSR count). The number of nitrogens with zero attached hydrogens (tertiary/aromatic N) is 5. The van der Waals surface area contributed by atoms with Crippen LogP contribution in [0.3, 0.4) is 0 Å². The molecular weight excluding hydrogens is 336 g/mol. The Labute approximate surface area is 155 Å². The largest absolute Gasteiger partial charge is 0.380 e. The first-order valence-electron chi connectivity index (χ1n) is 9.24. The van der Waals surface area contributed by atoms with Gasteiger partial charge in [0.25, 0.3) is 0 Å². The van der Waals surface area contributed by atoms with E-state index in [1.54, 1.807) is 0 Å². The summed E-state index contributed by atoms with van der Waals surface area (Å²) in [5, 5.41) is 4.44. The van der Waals surface area contributed by atoms with Gasteiger partial charge in [-0.05, 0) is 12.3 Å². The number of ether oxygens (including phenoxy) is 1. The highest BCUT2D eigenvalue weighted by Crippen LogP contribution is 2.19. The normalized spacial score (nSPS) is 16.0. The van der Waals surface area contributed by atoms with Crippen molar-refractivity contribution < 1.29 is 4.74 Å². The SMILES string of the molecule is CCc1nsc(N2CCN(C(=NC)NCCOCCC(C)C)CC2)n1. The van der Waals surface area contributed by atoms with Crippen LogP contribution in [0.5, 0.6) is 0 Å². The third-order valence-corrected chi connectivity index (χ3v) is 5.02. The van der Waals surface area contributed by atoms with Gasteiger partial charge >= 0.3 is 0 Å². The lowest BCUT2D eigenvalue weighted by atomic mass is 10.1. The highest BCUT2D eigenvalue weighted by Gasteiger charge is 2.21. The molecule has 1 aliphatic rings. The Morgan fingerprint density at radius 1 is 1.28 bits per heavy atom. The Kier molecular flexibility index (Phi) is 8.40. The zero-order valence-corrected chi connectivity index (χ0v) is 16.8. The number of hydrogen-bond donors (Lipinski definition) is 1. The molecule has 142 valence electrons. The minimum absolute atomic E-state index is 0.693. The van der Waals surface area contributed by atoms with Gasteiger partial charge in [-0.15, -0.1) is 0 Å². The Morgan fingerprint density at radius 2 is 2.04 bits per heavy atom. The predicted octanol–water partition coefficient (Wildman–Crippen LogP) is 1.86. The van der Waals surface area contributed by atoms with E-state index in [1.807, 2.05) is 7.05 Å². The minimum atomic E-state index is 0.693. The lowest BCUT2D eigenvalue weighted by Gasteiger charge is -2.36. The summed E-state index contributed by atoms with van der Waals surface area (Å²) in [7, 11) is 1.84. The van der Waals surface area contributed by atoms with Gasteiger partial charge in [-0.3, -0.25) is 4.99 Å². The van der Waals surface area contributed by atoms with E-state index in [-0.39, 0.29) is 0 Å². The smallest absolute Gasteiger partial charge is 0.205 e. The van der Waals surface area contributed by atoms with Crippen LogP contribution in [-0.4, -0.2) is 73.2 Å². The Hall–Kier alpha value is -1.41. The maximum Gasteiger partial charge on any atom is 0.205 e. The molecule has 1 saturated heterocycles. The summed E-state index contributed by atoms with van der Waals surface area (Å²) in [6.45, 7) is 12.6. The van der Waals surface area contributed by atoms with Gasteiger partial charge in [-0.1, -0.05) is 20.8 Å². The van der Waals surface area contributed by atoms with Crippen molar-refractivity contribution in [1.29, 1.82) is 0 Å². The van der Waals surface area contributed by atoms with Crippen LogP contribution in [0.15, 0.2) is 4.99 Å². The van der Waals surface area contributed by atoms with Crippen LogP contribution in [0.1, 0.15) is 33.0 Å². The fourth-order valence-electron chi connectivity index (χ4n) is 2.61. The highest BCUT2D eigenvalue weighted by atomic mass is 32.1. The van der Waals surface area contributed by atoms with Gasteiger partial charge in [0.15, 0.2) is 5.96 Å². The summed E-state index contributed by atoms with van der Waals surface area (Å²) in [5.41, 5.74) is 0. The molecule has 1 fully saturated rings. The molecule has 1 N–H and O–H groups in total. The van der Waals surface area contributed by atoms with E-state index in [0.717, 1.165) is 75.7 Å². The van der Waals surface area contributed by atoms with Gasteiger partial charge in [-0.2, -0.15) is 4.37 Å². The zero-order valence-electron chi connectivity index (χ0n) is 16.0. The average molecular weight is 369 g/mol. The van der Waals surface area contributed by atoms with Crippen molar-refractivity contribution in [1.82, 2.24) is 19.6 Å². The van der Waals surface area contributed by atoms with Crippen molar-refractivity contribution in [2.75, 3.05) is 57.9 Å². The molecular formula is C17H32N6OS. The highest BCUT2D eigenvalue weighted by molar-refractivity contribution is 7.09. The number of aromatic nitrogens is 2. The first kappa shape index (κ1) is 19.9. The molecule has 0 aromatic carbocycles. The molecule has 0 spiro atoms. The van der Waals surface area contributed by atoms with E-state index < -0.39 is 0 Å². The predicted molar refractivity (Wildman–Crippen MR) is 105 cm³/mol. The Bertz CT molecular complexity index is 525. The number of anilines is 1. The second-order valence-electron chi connectivity index (χ2n) is 6.59. The van der Waals surface area contributed by atoms with Crippen molar-refractivity contribution >= 4 is 22.6 Å². The quantitative estimate of drug-likeness (QED) is 0.429. The zero-order chi connectivity index (χ0) is 18.1. The van der Waals surface area contributed by atoms with Gasteiger partial charge in [0.05, 0.1) is 6.61 Å². The number of aryl methyl sites for hydroxylation is 1. The van der Waals surface area contributed by atoms with Crippen LogP contribution in [-0.2, 0) is 11.2 Å². The molecule has 0 saturated carbocycles. The number of nitrogens with one attached hydrogen (secondary N) is 1. The monoisotopic (exact) mass is 368 g/mol. The van der Waals surface area contributed by atoms with Gasteiger partial charge in [0, 0.05) is 64.3 Å². The molecule has 1 aliphatic heterocycles. The van der Waals surface area contributed by atoms with Crippen molar-refractivity contribution in [2.45, 2.75) is 33.6 Å². The lowest BCUT2D eigenvalue weighted by Crippen LogP contribution is -2.53. The summed E-state index contributed by atoms with van der Waals surface area (Å²) in [4.78, 5) is 13.6. The van der Waals surface area contributed by atoms with E-state index in [9.17, 15) is 0 Å². The van der Waals surface area contributed by atoms with Crippen LogP contribution >= 0.6 is 11.5 Å². The number of guanidine groups is 1. The van der Waals surface area contributed by atoms with Crippen molar-refractivity contribution in [3.63, 3.8) is 0 Å². The second-order valence-corrected chi connectivity index (χ2v) is 7.32. The number of rotatable bonds is 8. The Morgan fingerprint density at radius 3 is 2.64 bits per heavy atom. The summed E-state index contributed by atoms with van der Waals surface area (Å²) in [6.07, 6.45) is 2.01. The third-order valence-electron chi connectivity index (χ3n) is 4.20. The molecule has 0 unspecified atom stereocenters. The molecule has 25 heavy (non-hydrogen) atoms. The molecule has 1 aromatic rings. The van der Waals surface area contributed by atoms with Crippen molar-refractivity contribution in [3.05, 3.63) is 5.82 Å². The van der Waals surface area contributed by atoms with Crippen LogP contribution < -0.4 is 10.2 Å². The van der Waals surface area contributed by atoms with Crippen LogP contribution in [0.2, 0.25) is 0 Å². The molecule has 0 amide bonds. The topological polar surface area (TPSA) is 65.9 Å². The maximum atomic E-state index is 5.66. The standard InChI is InChI=1S/C17H32N6OS/c1-5-15-20-17(25-21-15)23-10-8-22(9-11-23)16(18-4)19-7-13-24-12-6-14(2)3/h14H,5-13H2,1-4H3,(H,18,19). The Balaban J connectivity index is 1.69. The average Bonchev–Trinajstić information content (AvgIpc) is 3.10. The number of piperazine rings is 1. The summed E-state index contributed by atoms with van der Waals surface area (Å²) in [5.74, 6) is 2.59. The van der Waals surface area contributed by atoms with Gasteiger partial charge in [0.1, 0.15) is 5.82 Å². The van der Waals surface area contributed by atoms with Crippen molar-refractivity contribution in [2.24, 2.45) is 10.9 Å². The lowest BCUT2D eigenvalue weighted by molar-refractivity contribution is 0.127. The first-order chi connectivity index (χ1) is 12.1. The first-order valence-corrected chi connectivity index (χ1v) is 10.0. The molecule has 0 atom stereocenters. The van der Waals surface area contributed by atoms with Gasteiger partial charge < -0.3 is 19.9 Å². The molecule has 0 bridgehead atoms. The van der Waals surface area contributed by atoms with Crippen LogP contribution in [0, 0.1) is 5.92 Å². The number of aliphatic imine (C=N–C) groups is 1. The second kappa shape index (κ2) is 10.6. The minimum Gasteiger partial charge on any atom is -0.380 e. The van der Waals surface area contributed by atoms with E-state index >= 15 is 0 Å². The molecule has 2 heterocycles. The summed E-state index contributed by atoms with van der Waals surface area (Å²) < 4.78 is 10.0. The van der Waals surface area contributed by atoms with Gasteiger partial charge in [-0.25, -0.2) is 4.98 Å². The molecule has 0 radical (unpaired) electrons. The van der Waals surface area contributed by atoms with E-state index in [4.69, 9.17) is 4.74 Å². The molecule has 0 aliphatic carbocycles. The molecule has 1 aromatic heterocycles. The summed E-state index contributed by atoms with van der Waals surface area (Å²) >= 11 is 1.50. The molecule has 8 heteroatoms. The fraction of sp³-hybridized carbons (Fsp3) is 0.824. The van der Waals surface area contributed by atoms with Crippen LogP contribution in [0.4, 0.5) is 5.13 Å². The van der Waals surface area contributed by atoms with E-state index in [1.165, 1.54) is 11.5 Å². The van der Waals surface area contributed by atoms with Crippen molar-refractivity contribution in [3.8, 4) is 0 Å². The molecule has 7 nitrogen and oxygen atoms in total. The third kappa shape index (κ3) is 6.43.